The summed E-state index contributed by atoms with van der Waals surface area (Å²) in [5, 5.41) is 2.98. The monoisotopic (exact) mass is 336 g/mol. The van der Waals surface area contributed by atoms with Crippen LogP contribution in [0.15, 0.2) is 36.4 Å². The van der Waals surface area contributed by atoms with E-state index in [2.05, 4.69) is 11.4 Å². The number of hydrogen-bond donors (Lipinski definition) is 1. The molecule has 1 N–H and O–H groups in total. The second-order valence-electron chi connectivity index (χ2n) is 7.06. The predicted octanol–water partition coefficient (Wildman–Crippen LogP) is 3.91. The van der Waals surface area contributed by atoms with Crippen LogP contribution in [0, 0.1) is 33.6 Å². The molecule has 0 aliphatic carbocycles. The van der Waals surface area contributed by atoms with Gasteiger partial charge in [-0.25, -0.2) is 0 Å². The lowest BCUT2D eigenvalue weighted by Gasteiger charge is -2.18. The topological polar surface area (TPSA) is 49.4 Å². The van der Waals surface area contributed by atoms with Crippen LogP contribution in [-0.2, 0) is 9.59 Å². The largest absolute Gasteiger partial charge is 0.326 e. The van der Waals surface area contributed by atoms with Crippen LogP contribution in [0.1, 0.15) is 28.7 Å². The molecular weight excluding hydrogens is 312 g/mol. The molecule has 2 amide bonds. The van der Waals surface area contributed by atoms with E-state index in [4.69, 9.17) is 0 Å². The van der Waals surface area contributed by atoms with Gasteiger partial charge in [-0.2, -0.15) is 0 Å². The van der Waals surface area contributed by atoms with E-state index in [9.17, 15) is 9.59 Å². The fourth-order valence-corrected chi connectivity index (χ4v) is 3.43. The molecular formula is C21H24N2O2. The third kappa shape index (κ3) is 3.73. The number of carbonyl (C=O) groups is 2. The first-order chi connectivity index (χ1) is 11.8. The van der Waals surface area contributed by atoms with Crippen molar-refractivity contribution in [1.82, 2.24) is 0 Å². The van der Waals surface area contributed by atoms with Crippen LogP contribution in [0.2, 0.25) is 0 Å². The van der Waals surface area contributed by atoms with Crippen LogP contribution in [0.25, 0.3) is 0 Å². The summed E-state index contributed by atoms with van der Waals surface area (Å²) in [4.78, 5) is 26.8. The molecule has 0 radical (unpaired) electrons. The summed E-state index contributed by atoms with van der Waals surface area (Å²) in [6.45, 7) is 8.46. The molecule has 2 aromatic carbocycles. The molecule has 1 heterocycles. The van der Waals surface area contributed by atoms with E-state index in [0.717, 1.165) is 33.6 Å². The Kier molecular flexibility index (Phi) is 4.62. The van der Waals surface area contributed by atoms with Crippen LogP contribution in [0.3, 0.4) is 0 Å². The van der Waals surface area contributed by atoms with Crippen molar-refractivity contribution in [1.29, 1.82) is 0 Å². The van der Waals surface area contributed by atoms with Gasteiger partial charge in [-0.3, -0.25) is 9.59 Å². The van der Waals surface area contributed by atoms with Gasteiger partial charge >= 0.3 is 0 Å². The van der Waals surface area contributed by atoms with Gasteiger partial charge in [0.25, 0.3) is 0 Å². The second-order valence-corrected chi connectivity index (χ2v) is 7.06. The van der Waals surface area contributed by atoms with Crippen molar-refractivity contribution < 1.29 is 9.59 Å². The molecule has 1 fully saturated rings. The molecule has 25 heavy (non-hydrogen) atoms. The molecule has 130 valence electrons. The van der Waals surface area contributed by atoms with Gasteiger partial charge in [0, 0.05) is 24.3 Å². The molecule has 0 spiro atoms. The Balaban J connectivity index is 1.74. The van der Waals surface area contributed by atoms with Gasteiger partial charge in [-0.15, -0.1) is 0 Å². The fraction of sp³-hybridized carbons (Fsp3) is 0.333. The van der Waals surface area contributed by atoms with Crippen molar-refractivity contribution in [2.24, 2.45) is 5.92 Å². The van der Waals surface area contributed by atoms with Crippen LogP contribution in [0.5, 0.6) is 0 Å². The van der Waals surface area contributed by atoms with Gasteiger partial charge in [0.15, 0.2) is 0 Å². The summed E-state index contributed by atoms with van der Waals surface area (Å²) in [6.07, 6.45) is 0.254. The zero-order chi connectivity index (χ0) is 18.1. The van der Waals surface area contributed by atoms with Crippen molar-refractivity contribution in [2.75, 3.05) is 16.8 Å². The van der Waals surface area contributed by atoms with Gasteiger partial charge in [0.05, 0.1) is 5.92 Å². The lowest BCUT2D eigenvalue weighted by atomic mass is 10.1. The maximum absolute atomic E-state index is 12.6. The van der Waals surface area contributed by atoms with E-state index in [-0.39, 0.29) is 24.2 Å². The van der Waals surface area contributed by atoms with Crippen LogP contribution >= 0.6 is 0 Å². The summed E-state index contributed by atoms with van der Waals surface area (Å²) in [6, 6.07) is 12.0. The number of benzene rings is 2. The maximum Gasteiger partial charge on any atom is 0.229 e. The number of nitrogens with zero attached hydrogens (tertiary/aromatic N) is 1. The van der Waals surface area contributed by atoms with Crippen LogP contribution < -0.4 is 10.2 Å². The van der Waals surface area contributed by atoms with Gasteiger partial charge < -0.3 is 10.2 Å². The summed E-state index contributed by atoms with van der Waals surface area (Å²) < 4.78 is 0. The van der Waals surface area contributed by atoms with E-state index in [0.29, 0.717) is 6.54 Å². The lowest BCUT2D eigenvalue weighted by molar-refractivity contribution is -0.122. The lowest BCUT2D eigenvalue weighted by Crippen LogP contribution is -2.28. The highest BCUT2D eigenvalue weighted by Crippen LogP contribution is 2.28. The van der Waals surface area contributed by atoms with Crippen molar-refractivity contribution in [2.45, 2.75) is 34.1 Å². The Labute approximate surface area is 148 Å². The minimum Gasteiger partial charge on any atom is -0.326 e. The average Bonchev–Trinajstić information content (AvgIpc) is 2.91. The van der Waals surface area contributed by atoms with Crippen LogP contribution in [0.4, 0.5) is 11.4 Å². The highest BCUT2D eigenvalue weighted by Gasteiger charge is 2.35. The first-order valence-electron chi connectivity index (χ1n) is 8.60. The van der Waals surface area contributed by atoms with Crippen molar-refractivity contribution in [3.8, 4) is 0 Å². The summed E-state index contributed by atoms with van der Waals surface area (Å²) in [5.74, 6) is -0.410. The predicted molar refractivity (Wildman–Crippen MR) is 101 cm³/mol. The summed E-state index contributed by atoms with van der Waals surface area (Å²) in [7, 11) is 0. The third-order valence-electron chi connectivity index (χ3n) is 4.65. The molecule has 3 rings (SSSR count). The number of anilines is 2. The Morgan fingerprint density at radius 3 is 2.32 bits per heavy atom. The maximum atomic E-state index is 12.6. The van der Waals surface area contributed by atoms with E-state index in [1.165, 1.54) is 0 Å². The molecule has 0 aromatic heterocycles. The molecule has 0 unspecified atom stereocenters. The van der Waals surface area contributed by atoms with Crippen molar-refractivity contribution in [3.63, 3.8) is 0 Å². The van der Waals surface area contributed by atoms with Crippen molar-refractivity contribution >= 4 is 23.2 Å². The van der Waals surface area contributed by atoms with E-state index >= 15 is 0 Å². The van der Waals surface area contributed by atoms with Gasteiger partial charge in [0.2, 0.25) is 11.8 Å². The molecule has 1 saturated heterocycles. The quantitative estimate of drug-likeness (QED) is 0.924. The number of rotatable bonds is 3. The molecule has 1 aliphatic rings. The Hall–Kier alpha value is -2.62. The van der Waals surface area contributed by atoms with E-state index in [1.807, 2.05) is 58.0 Å². The first-order valence-corrected chi connectivity index (χ1v) is 8.60. The second kappa shape index (κ2) is 6.71. The first kappa shape index (κ1) is 17.2. The molecule has 4 nitrogen and oxygen atoms in total. The van der Waals surface area contributed by atoms with E-state index in [1.54, 1.807) is 4.90 Å². The van der Waals surface area contributed by atoms with E-state index < -0.39 is 0 Å². The number of nitrogens with one attached hydrogen (secondary N) is 1. The van der Waals surface area contributed by atoms with Gasteiger partial charge in [0.1, 0.15) is 0 Å². The zero-order valence-electron chi connectivity index (χ0n) is 15.2. The molecule has 0 saturated carbocycles. The standard InChI is InChI=1S/C21H24N2O2/c1-13-5-6-19(16(4)8-13)22-21(25)17-11-20(24)23(12-17)18-9-14(2)7-15(3)10-18/h5-10,17H,11-12H2,1-4H3,(H,22,25)/t17-/m1/s1. The number of amides is 2. The third-order valence-corrected chi connectivity index (χ3v) is 4.65. The Morgan fingerprint density at radius 1 is 1.00 bits per heavy atom. The fourth-order valence-electron chi connectivity index (χ4n) is 3.43. The average molecular weight is 336 g/mol. The molecule has 2 aromatic rings. The van der Waals surface area contributed by atoms with Gasteiger partial charge in [-0.05, 0) is 62.6 Å². The Bertz CT molecular complexity index is 822. The molecule has 4 heteroatoms. The Morgan fingerprint density at radius 2 is 1.68 bits per heavy atom. The minimum absolute atomic E-state index is 0.00535. The SMILES string of the molecule is Cc1cc(C)cc(N2C[C@H](C(=O)Nc3ccc(C)cc3C)CC2=O)c1. The minimum atomic E-state index is -0.325. The highest BCUT2D eigenvalue weighted by molar-refractivity contribution is 6.03. The van der Waals surface area contributed by atoms with Gasteiger partial charge in [-0.1, -0.05) is 23.8 Å². The van der Waals surface area contributed by atoms with Crippen LogP contribution in [-0.4, -0.2) is 18.4 Å². The number of aryl methyl sites for hydroxylation is 4. The summed E-state index contributed by atoms with van der Waals surface area (Å²) in [5.41, 5.74) is 6.12. The normalized spacial score (nSPS) is 17.0. The molecule has 1 atom stereocenters. The highest BCUT2D eigenvalue weighted by atomic mass is 16.2. The smallest absolute Gasteiger partial charge is 0.229 e. The molecule has 1 aliphatic heterocycles. The zero-order valence-corrected chi connectivity index (χ0v) is 15.2. The summed E-state index contributed by atoms with van der Waals surface area (Å²) >= 11 is 0. The molecule has 0 bridgehead atoms. The van der Waals surface area contributed by atoms with Crippen molar-refractivity contribution in [3.05, 3.63) is 58.7 Å². The number of carbonyl (C=O) groups excluding carboxylic acids is 2. The number of hydrogen-bond acceptors (Lipinski definition) is 2.